The maximum atomic E-state index is 13.3. The van der Waals surface area contributed by atoms with Crippen LogP contribution in [0.15, 0.2) is 60.7 Å². The zero-order chi connectivity index (χ0) is 32.7. The highest BCUT2D eigenvalue weighted by atomic mass is 19.4. The molecule has 0 aliphatic heterocycles. The lowest BCUT2D eigenvalue weighted by Crippen LogP contribution is -2.08. The van der Waals surface area contributed by atoms with Gasteiger partial charge in [-0.05, 0) is 11.5 Å². The second-order valence-electron chi connectivity index (χ2n) is 8.56. The van der Waals surface area contributed by atoms with Crippen LogP contribution in [0.1, 0.15) is 11.1 Å². The predicted molar refractivity (Wildman–Crippen MR) is 134 cm³/mol. The summed E-state index contributed by atoms with van der Waals surface area (Å²) in [6.45, 7) is 0. The van der Waals surface area contributed by atoms with Crippen molar-refractivity contribution in [1.29, 1.82) is 0 Å². The fourth-order valence-corrected chi connectivity index (χ4v) is 3.90. The molecule has 4 aromatic carbocycles. The minimum Gasteiger partial charge on any atom is -0.444 e. The van der Waals surface area contributed by atoms with Gasteiger partial charge in [0.15, 0.2) is 0 Å². The summed E-state index contributed by atoms with van der Waals surface area (Å²) in [5.74, 6) is -3.72. The summed E-state index contributed by atoms with van der Waals surface area (Å²) < 4.78 is 90.4. The summed E-state index contributed by atoms with van der Waals surface area (Å²) in [4.78, 5) is 40.9. The Kier molecular flexibility index (Phi) is 7.69. The van der Waals surface area contributed by atoms with Gasteiger partial charge in [-0.1, -0.05) is 24.3 Å². The van der Waals surface area contributed by atoms with E-state index in [4.69, 9.17) is 9.47 Å². The van der Waals surface area contributed by atoms with Crippen LogP contribution in [0.2, 0.25) is 0 Å². The van der Waals surface area contributed by atoms with E-state index in [1.165, 1.54) is 24.3 Å². The van der Waals surface area contributed by atoms with Crippen molar-refractivity contribution >= 4 is 33.5 Å². The second-order valence-corrected chi connectivity index (χ2v) is 8.56. The smallest absolute Gasteiger partial charge is 0.416 e. The van der Waals surface area contributed by atoms with Crippen LogP contribution in [-0.2, 0) is 12.4 Å². The molecule has 0 saturated carbocycles. The van der Waals surface area contributed by atoms with Gasteiger partial charge in [-0.25, -0.2) is 0 Å². The Morgan fingerprint density at radius 3 is 1.32 bits per heavy atom. The number of hydrogen-bond acceptors (Lipinski definition) is 10. The van der Waals surface area contributed by atoms with E-state index in [-0.39, 0.29) is 35.0 Å². The molecule has 4 rings (SSSR count). The molecule has 0 saturated heterocycles. The lowest BCUT2D eigenvalue weighted by Gasteiger charge is -2.14. The van der Waals surface area contributed by atoms with Gasteiger partial charge in [-0.15, -0.1) is 0 Å². The lowest BCUT2D eigenvalue weighted by atomic mass is 10.1. The first-order valence-electron chi connectivity index (χ1n) is 11.3. The van der Waals surface area contributed by atoms with Crippen LogP contribution in [0, 0.1) is 40.5 Å². The molecule has 0 unspecified atom stereocenters. The van der Waals surface area contributed by atoms with Gasteiger partial charge in [0.25, 0.3) is 11.5 Å². The van der Waals surface area contributed by atoms with Crippen molar-refractivity contribution in [2.24, 2.45) is 0 Å². The Hall–Kier alpha value is -6.08. The van der Waals surface area contributed by atoms with E-state index >= 15 is 0 Å². The van der Waals surface area contributed by atoms with Crippen molar-refractivity contribution in [3.8, 4) is 23.0 Å². The number of nitrogens with zero attached hydrogens (tertiary/aromatic N) is 4. The summed E-state index contributed by atoms with van der Waals surface area (Å²) in [5.41, 5.74) is -9.39. The Labute approximate surface area is 237 Å². The van der Waals surface area contributed by atoms with Gasteiger partial charge in [-0.2, -0.15) is 26.3 Å². The summed E-state index contributed by atoms with van der Waals surface area (Å²) in [6, 6.07) is 7.17. The van der Waals surface area contributed by atoms with Gasteiger partial charge >= 0.3 is 35.1 Å². The van der Waals surface area contributed by atoms with Crippen LogP contribution >= 0.6 is 0 Å². The quantitative estimate of drug-likeness (QED) is 0.105. The maximum Gasteiger partial charge on any atom is 0.416 e. The highest BCUT2D eigenvalue weighted by Crippen LogP contribution is 2.48. The van der Waals surface area contributed by atoms with Crippen molar-refractivity contribution in [3.63, 3.8) is 0 Å². The maximum absolute atomic E-state index is 13.3. The van der Waals surface area contributed by atoms with Crippen LogP contribution in [0.25, 0.3) is 10.8 Å². The van der Waals surface area contributed by atoms with E-state index in [2.05, 4.69) is 0 Å². The van der Waals surface area contributed by atoms with Crippen molar-refractivity contribution in [2.45, 2.75) is 12.4 Å². The monoisotopic (exact) mass is 628 g/mol. The number of nitro benzene ring substituents is 4. The van der Waals surface area contributed by atoms with Gasteiger partial charge < -0.3 is 9.47 Å². The minimum atomic E-state index is -5.24. The highest BCUT2D eigenvalue weighted by Gasteiger charge is 2.40. The molecule has 20 heteroatoms. The number of ether oxygens (including phenoxy) is 2. The van der Waals surface area contributed by atoms with Gasteiger partial charge in [-0.3, -0.25) is 40.5 Å². The second kappa shape index (κ2) is 11.0. The van der Waals surface area contributed by atoms with Gasteiger partial charge in [0.1, 0.15) is 11.5 Å². The molecule has 0 radical (unpaired) electrons. The number of fused-ring (bicyclic) bond motifs is 1. The van der Waals surface area contributed by atoms with Crippen LogP contribution in [0.3, 0.4) is 0 Å². The van der Waals surface area contributed by atoms with E-state index < -0.39 is 88.9 Å². The first-order valence-corrected chi connectivity index (χ1v) is 11.3. The number of alkyl halides is 6. The van der Waals surface area contributed by atoms with Crippen LogP contribution < -0.4 is 9.47 Å². The fourth-order valence-electron chi connectivity index (χ4n) is 3.90. The van der Waals surface area contributed by atoms with Gasteiger partial charge in [0.05, 0.1) is 30.8 Å². The van der Waals surface area contributed by atoms with E-state index in [0.29, 0.717) is 0 Å². The van der Waals surface area contributed by atoms with Crippen LogP contribution in [0.5, 0.6) is 23.0 Å². The molecular weight excluding hydrogens is 618 g/mol. The van der Waals surface area contributed by atoms with Crippen molar-refractivity contribution in [1.82, 2.24) is 0 Å². The van der Waals surface area contributed by atoms with Crippen molar-refractivity contribution in [3.05, 3.63) is 112 Å². The molecule has 0 fully saturated rings. The number of halogens is 6. The lowest BCUT2D eigenvalue weighted by molar-refractivity contribution is -0.396. The zero-order valence-corrected chi connectivity index (χ0v) is 20.9. The predicted octanol–water partition coefficient (Wildman–Crippen LogP) is 8.09. The third-order valence-electron chi connectivity index (χ3n) is 5.77. The molecule has 0 aromatic heterocycles. The van der Waals surface area contributed by atoms with E-state index in [1.54, 1.807) is 0 Å². The Bertz CT molecular complexity index is 1810. The number of hydrogen-bond donors (Lipinski definition) is 0. The molecular formula is C24H10F6N4O10. The molecule has 0 N–H and O–H groups in total. The average molecular weight is 628 g/mol. The Morgan fingerprint density at radius 1 is 0.545 bits per heavy atom. The van der Waals surface area contributed by atoms with E-state index in [9.17, 15) is 66.8 Å². The molecule has 0 aliphatic rings. The molecule has 14 nitrogen and oxygen atoms in total. The summed E-state index contributed by atoms with van der Waals surface area (Å²) in [5, 5.41) is 46.5. The summed E-state index contributed by atoms with van der Waals surface area (Å²) in [7, 11) is 0. The first-order chi connectivity index (χ1) is 20.4. The Morgan fingerprint density at radius 2 is 0.932 bits per heavy atom. The molecule has 0 bridgehead atoms. The molecule has 0 amide bonds. The number of rotatable bonds is 8. The summed E-state index contributed by atoms with van der Waals surface area (Å²) in [6.07, 6.45) is -10.5. The SMILES string of the molecule is O=[N+]([O-])c1cc(C(F)(F)F)cc([N+](=O)[O-])c1Oc1cc(Oc2c([N+](=O)[O-])cc(C(F)(F)F)cc2[N+](=O)[O-])c2ccccc2c1. The number of benzene rings is 4. The van der Waals surface area contributed by atoms with Crippen LogP contribution in [-0.4, -0.2) is 19.7 Å². The largest absolute Gasteiger partial charge is 0.444 e. The minimum absolute atomic E-state index is 0.000220. The van der Waals surface area contributed by atoms with Crippen LogP contribution in [0.4, 0.5) is 49.1 Å². The third kappa shape index (κ3) is 6.07. The first kappa shape index (κ1) is 30.9. The summed E-state index contributed by atoms with van der Waals surface area (Å²) >= 11 is 0. The van der Waals surface area contributed by atoms with Gasteiger partial charge in [0.2, 0.25) is 0 Å². The third-order valence-corrected chi connectivity index (χ3v) is 5.77. The molecule has 0 atom stereocenters. The van der Waals surface area contributed by atoms with E-state index in [0.717, 1.165) is 12.1 Å². The molecule has 0 heterocycles. The normalized spacial score (nSPS) is 11.7. The number of nitro groups is 4. The van der Waals surface area contributed by atoms with Crippen molar-refractivity contribution in [2.75, 3.05) is 0 Å². The zero-order valence-electron chi connectivity index (χ0n) is 20.9. The fraction of sp³-hybridized carbons (Fsp3) is 0.0833. The molecule has 44 heavy (non-hydrogen) atoms. The van der Waals surface area contributed by atoms with Gasteiger partial charge in [0, 0.05) is 35.7 Å². The average Bonchev–Trinajstić information content (AvgIpc) is 2.91. The standard InChI is InChI=1S/C24H10F6N4O10/c25-23(26,27)12-6-16(31(35)36)21(17(7-12)32(37)38)43-14-5-11-3-1-2-4-15(11)20(10-14)44-22-18(33(39)40)8-13(24(28,29)30)9-19(22)34(41)42/h1-10H. The topological polar surface area (TPSA) is 191 Å². The van der Waals surface area contributed by atoms with Crippen molar-refractivity contribution < 1.29 is 55.5 Å². The molecule has 0 aliphatic carbocycles. The highest BCUT2D eigenvalue weighted by molar-refractivity contribution is 5.90. The molecule has 0 spiro atoms. The molecule has 4 aromatic rings. The van der Waals surface area contributed by atoms with E-state index in [1.807, 2.05) is 0 Å². The molecule has 228 valence electrons. The Balaban J connectivity index is 1.95.